The zero-order valence-electron chi connectivity index (χ0n) is 12.0. The molecule has 0 bridgehead atoms. The number of rotatable bonds is 4. The Kier molecular flexibility index (Phi) is 3.16. The van der Waals surface area contributed by atoms with Gasteiger partial charge in [0, 0.05) is 30.7 Å². The molecule has 0 radical (unpaired) electrons. The fourth-order valence-electron chi connectivity index (χ4n) is 2.53. The number of nitrogens with zero attached hydrogens (tertiary/aromatic N) is 4. The Morgan fingerprint density at radius 1 is 1.18 bits per heavy atom. The molecular weight excluding hydrogens is 274 g/mol. The molecule has 22 heavy (non-hydrogen) atoms. The predicted octanol–water partition coefficient (Wildman–Crippen LogP) is 3.08. The lowest BCUT2D eigenvalue weighted by Gasteiger charge is -2.06. The van der Waals surface area contributed by atoms with Crippen molar-refractivity contribution in [2.24, 2.45) is 0 Å². The summed E-state index contributed by atoms with van der Waals surface area (Å²) in [6.45, 7) is 0.722. The Labute approximate surface area is 128 Å². The van der Waals surface area contributed by atoms with Gasteiger partial charge in [0.25, 0.3) is 0 Å². The minimum Gasteiger partial charge on any atom is -0.366 e. The molecule has 3 aromatic heterocycles. The lowest BCUT2D eigenvalue weighted by atomic mass is 10.1. The van der Waals surface area contributed by atoms with Gasteiger partial charge in [0.05, 0.1) is 6.20 Å². The molecule has 0 fully saturated rings. The zero-order chi connectivity index (χ0) is 14.8. The molecule has 3 heterocycles. The highest BCUT2D eigenvalue weighted by Gasteiger charge is 2.11. The van der Waals surface area contributed by atoms with E-state index in [9.17, 15) is 0 Å². The number of nitrogens with one attached hydrogen (secondary N) is 1. The number of anilines is 1. The Balaban J connectivity index is 1.61. The molecule has 0 amide bonds. The van der Waals surface area contributed by atoms with Gasteiger partial charge >= 0.3 is 0 Å². The summed E-state index contributed by atoms with van der Waals surface area (Å²) in [6, 6.07) is 5.92. The molecule has 0 atom stereocenters. The fourth-order valence-corrected chi connectivity index (χ4v) is 2.53. The molecule has 1 aliphatic carbocycles. The fraction of sp³-hybridized carbons (Fsp3) is 0.118. The van der Waals surface area contributed by atoms with Crippen molar-refractivity contribution in [2.75, 3.05) is 5.32 Å². The quantitative estimate of drug-likeness (QED) is 0.802. The molecule has 5 heteroatoms. The molecule has 1 N–H and O–H groups in total. The number of allylic oxidation sites excluding steroid dienone is 4. The number of aromatic nitrogens is 4. The van der Waals surface area contributed by atoms with Crippen molar-refractivity contribution < 1.29 is 0 Å². The number of fused-ring (bicyclic) bond motifs is 1. The third-order valence-corrected chi connectivity index (χ3v) is 3.71. The topological polar surface area (TPSA) is 55.1 Å². The second-order valence-electron chi connectivity index (χ2n) is 5.17. The van der Waals surface area contributed by atoms with E-state index in [1.165, 1.54) is 11.1 Å². The van der Waals surface area contributed by atoms with Crippen molar-refractivity contribution in [3.8, 4) is 0 Å². The van der Waals surface area contributed by atoms with Crippen LogP contribution in [0.25, 0.3) is 11.2 Å². The van der Waals surface area contributed by atoms with Gasteiger partial charge in [-0.25, -0.2) is 9.50 Å². The highest BCUT2D eigenvalue weighted by atomic mass is 15.2. The lowest BCUT2D eigenvalue weighted by Crippen LogP contribution is -2.03. The molecule has 5 nitrogen and oxygen atoms in total. The van der Waals surface area contributed by atoms with Crippen LogP contribution in [0.5, 0.6) is 0 Å². The van der Waals surface area contributed by atoms with E-state index in [-0.39, 0.29) is 0 Å². The van der Waals surface area contributed by atoms with Crippen LogP contribution in [0.4, 0.5) is 5.82 Å². The average Bonchev–Trinajstić information content (AvgIpc) is 3.22. The number of hydrogen-bond donors (Lipinski definition) is 1. The van der Waals surface area contributed by atoms with Crippen molar-refractivity contribution in [3.63, 3.8) is 0 Å². The van der Waals surface area contributed by atoms with Crippen molar-refractivity contribution in [1.82, 2.24) is 19.6 Å². The maximum atomic E-state index is 4.70. The molecule has 0 spiro atoms. The van der Waals surface area contributed by atoms with Crippen molar-refractivity contribution in [1.29, 1.82) is 0 Å². The van der Waals surface area contributed by atoms with E-state index in [0.29, 0.717) is 0 Å². The smallest absolute Gasteiger partial charge is 0.164 e. The summed E-state index contributed by atoms with van der Waals surface area (Å²) in [7, 11) is 0. The highest BCUT2D eigenvalue weighted by Crippen LogP contribution is 2.26. The van der Waals surface area contributed by atoms with E-state index in [4.69, 9.17) is 4.98 Å². The van der Waals surface area contributed by atoms with E-state index >= 15 is 0 Å². The Morgan fingerprint density at radius 3 is 2.91 bits per heavy atom. The largest absolute Gasteiger partial charge is 0.366 e. The maximum Gasteiger partial charge on any atom is 0.164 e. The van der Waals surface area contributed by atoms with Gasteiger partial charge in [-0.1, -0.05) is 18.2 Å². The Bertz CT molecular complexity index is 861. The number of pyridine rings is 1. The Morgan fingerprint density at radius 2 is 2.09 bits per heavy atom. The summed E-state index contributed by atoms with van der Waals surface area (Å²) in [5.74, 6) is 0.845. The number of hydrogen-bond acceptors (Lipinski definition) is 4. The van der Waals surface area contributed by atoms with Crippen molar-refractivity contribution in [2.45, 2.75) is 13.0 Å². The van der Waals surface area contributed by atoms with Crippen LogP contribution in [0.15, 0.2) is 61.2 Å². The molecule has 1 aliphatic rings. The van der Waals surface area contributed by atoms with E-state index < -0.39 is 0 Å². The molecule has 0 aromatic carbocycles. The first-order valence-corrected chi connectivity index (χ1v) is 7.23. The van der Waals surface area contributed by atoms with Gasteiger partial charge < -0.3 is 5.32 Å². The minimum atomic E-state index is 0.722. The predicted molar refractivity (Wildman–Crippen MR) is 86.3 cm³/mol. The van der Waals surface area contributed by atoms with E-state index in [2.05, 4.69) is 33.6 Å². The highest BCUT2D eigenvalue weighted by molar-refractivity contribution is 5.79. The first-order valence-electron chi connectivity index (χ1n) is 7.23. The van der Waals surface area contributed by atoms with Gasteiger partial charge in [-0.2, -0.15) is 5.10 Å². The molecule has 0 saturated heterocycles. The normalized spacial score (nSPS) is 13.5. The van der Waals surface area contributed by atoms with Crippen LogP contribution in [-0.2, 0) is 6.54 Å². The van der Waals surface area contributed by atoms with Gasteiger partial charge in [-0.05, 0) is 35.8 Å². The van der Waals surface area contributed by atoms with E-state index in [1.54, 1.807) is 12.4 Å². The maximum absolute atomic E-state index is 4.70. The third-order valence-electron chi connectivity index (χ3n) is 3.71. The monoisotopic (exact) mass is 289 g/mol. The van der Waals surface area contributed by atoms with Crippen molar-refractivity contribution in [3.05, 3.63) is 72.3 Å². The van der Waals surface area contributed by atoms with Gasteiger partial charge in [0.1, 0.15) is 5.82 Å². The van der Waals surface area contributed by atoms with E-state index in [0.717, 1.165) is 30.0 Å². The van der Waals surface area contributed by atoms with Crippen LogP contribution in [0, 0.1) is 0 Å². The van der Waals surface area contributed by atoms with Gasteiger partial charge in [-0.15, -0.1) is 0 Å². The lowest BCUT2D eigenvalue weighted by molar-refractivity contribution is 0.936. The SMILES string of the molecule is C1=CCC(c2cnn3ccc(NCc4ccncc4)nc23)=C1. The molecular formula is C17H15N5. The molecule has 108 valence electrons. The summed E-state index contributed by atoms with van der Waals surface area (Å²) >= 11 is 0. The summed E-state index contributed by atoms with van der Waals surface area (Å²) in [5.41, 5.74) is 4.41. The van der Waals surface area contributed by atoms with Gasteiger partial charge in [0.2, 0.25) is 0 Å². The van der Waals surface area contributed by atoms with Gasteiger partial charge in [0.15, 0.2) is 5.65 Å². The first-order chi connectivity index (χ1) is 10.9. The molecule has 3 aromatic rings. The molecule has 0 unspecified atom stereocenters. The van der Waals surface area contributed by atoms with Crippen LogP contribution < -0.4 is 5.32 Å². The van der Waals surface area contributed by atoms with Crippen LogP contribution >= 0.6 is 0 Å². The van der Waals surface area contributed by atoms with Gasteiger partial charge in [-0.3, -0.25) is 4.98 Å². The molecule has 0 saturated carbocycles. The van der Waals surface area contributed by atoms with Crippen LogP contribution in [-0.4, -0.2) is 19.6 Å². The standard InChI is InChI=1S/C17H15N5/c1-2-4-14(3-1)15-12-20-22-10-7-16(21-17(15)22)19-11-13-5-8-18-9-6-13/h1-3,5-10,12H,4,11H2,(H,19,21). The van der Waals surface area contributed by atoms with E-state index in [1.807, 2.05) is 35.1 Å². The second kappa shape index (κ2) is 5.44. The van der Waals surface area contributed by atoms with Crippen LogP contribution in [0.1, 0.15) is 17.5 Å². The summed E-state index contributed by atoms with van der Waals surface area (Å²) in [4.78, 5) is 8.72. The molecule has 0 aliphatic heterocycles. The summed E-state index contributed by atoms with van der Waals surface area (Å²) in [6.07, 6.45) is 14.7. The molecule has 4 rings (SSSR count). The van der Waals surface area contributed by atoms with Crippen LogP contribution in [0.2, 0.25) is 0 Å². The second-order valence-corrected chi connectivity index (χ2v) is 5.17. The third kappa shape index (κ3) is 2.37. The summed E-state index contributed by atoms with van der Waals surface area (Å²) < 4.78 is 1.81. The zero-order valence-corrected chi connectivity index (χ0v) is 12.0. The van der Waals surface area contributed by atoms with Crippen LogP contribution in [0.3, 0.4) is 0 Å². The Hall–Kier alpha value is -2.95. The minimum absolute atomic E-state index is 0.722. The first kappa shape index (κ1) is 12.8. The van der Waals surface area contributed by atoms with Crippen molar-refractivity contribution >= 4 is 17.0 Å². The average molecular weight is 289 g/mol. The summed E-state index contributed by atoms with van der Waals surface area (Å²) in [5, 5.41) is 7.72.